The molecule has 0 bridgehead atoms. The van der Waals surface area contributed by atoms with E-state index in [-0.39, 0.29) is 17.2 Å². The highest BCUT2D eigenvalue weighted by atomic mass is 32.1. The lowest BCUT2D eigenvalue weighted by Gasteiger charge is -2.09. The van der Waals surface area contributed by atoms with Gasteiger partial charge in [0.25, 0.3) is 11.5 Å². The summed E-state index contributed by atoms with van der Waals surface area (Å²) in [4.78, 5) is 29.2. The molecule has 0 fully saturated rings. The number of aryl methyl sites for hydroxylation is 2. The smallest absolute Gasteiger partial charge is 0.278 e. The first-order chi connectivity index (χ1) is 11.1. The molecule has 0 saturated heterocycles. The van der Waals surface area contributed by atoms with Crippen LogP contribution in [0.3, 0.4) is 0 Å². The van der Waals surface area contributed by atoms with Gasteiger partial charge in [-0.3, -0.25) is 14.9 Å². The molecule has 0 aliphatic heterocycles. The molecule has 0 unspecified atom stereocenters. The molecule has 6 nitrogen and oxygen atoms in total. The van der Waals surface area contributed by atoms with Crippen LogP contribution < -0.4 is 10.9 Å². The zero-order chi connectivity index (χ0) is 16.4. The van der Waals surface area contributed by atoms with Crippen molar-refractivity contribution < 1.29 is 4.79 Å². The molecule has 2 aromatic heterocycles. The van der Waals surface area contributed by atoms with Crippen LogP contribution in [-0.2, 0) is 6.54 Å². The van der Waals surface area contributed by atoms with Crippen LogP contribution >= 0.6 is 11.3 Å². The van der Waals surface area contributed by atoms with E-state index in [1.807, 2.05) is 19.2 Å². The van der Waals surface area contributed by atoms with Gasteiger partial charge in [0.15, 0.2) is 10.8 Å². The molecule has 23 heavy (non-hydrogen) atoms. The molecular weight excluding hydrogens is 312 g/mol. The summed E-state index contributed by atoms with van der Waals surface area (Å²) in [5.74, 6) is -0.361. The number of nitrogens with one attached hydrogen (secondary N) is 1. The van der Waals surface area contributed by atoms with Crippen molar-refractivity contribution in [2.75, 3.05) is 5.32 Å². The fourth-order valence-electron chi connectivity index (χ4n) is 2.33. The number of amides is 1. The third kappa shape index (κ3) is 3.00. The Hall–Kier alpha value is -2.54. The Morgan fingerprint density at radius 3 is 2.70 bits per heavy atom. The maximum Gasteiger partial charge on any atom is 0.278 e. The quantitative estimate of drug-likeness (QED) is 0.799. The number of rotatable bonds is 4. The normalized spacial score (nSPS) is 10.9. The van der Waals surface area contributed by atoms with Crippen LogP contribution in [0.1, 0.15) is 29.5 Å². The Kier molecular flexibility index (Phi) is 4.20. The Morgan fingerprint density at radius 2 is 2.04 bits per heavy atom. The zero-order valence-corrected chi connectivity index (χ0v) is 13.7. The van der Waals surface area contributed by atoms with Crippen LogP contribution in [0.5, 0.6) is 0 Å². The Labute approximate surface area is 136 Å². The summed E-state index contributed by atoms with van der Waals surface area (Å²) in [6, 6.07) is 7.03. The minimum absolute atomic E-state index is 0.177. The molecule has 0 aliphatic carbocycles. The highest BCUT2D eigenvalue weighted by molar-refractivity contribution is 7.13. The highest BCUT2D eigenvalue weighted by Gasteiger charge is 2.17. The van der Waals surface area contributed by atoms with Gasteiger partial charge in [0.2, 0.25) is 0 Å². The Balaban J connectivity index is 2.10. The second-order valence-electron chi connectivity index (χ2n) is 5.17. The minimum atomic E-state index is -0.361. The van der Waals surface area contributed by atoms with Gasteiger partial charge in [-0.15, -0.1) is 11.3 Å². The first-order valence-electron chi connectivity index (χ1n) is 7.33. The molecule has 0 saturated carbocycles. The topological polar surface area (TPSA) is 76.9 Å². The third-order valence-electron chi connectivity index (χ3n) is 3.36. The SMILES string of the molecule is CCCn1nc(C(=O)Nc2nc(C)cs2)c2ccccc2c1=O. The first kappa shape index (κ1) is 15.4. The van der Waals surface area contributed by atoms with Gasteiger partial charge >= 0.3 is 0 Å². The van der Waals surface area contributed by atoms with Gasteiger partial charge in [0.1, 0.15) is 0 Å². The number of aromatic nitrogens is 3. The molecule has 118 valence electrons. The third-order valence-corrected chi connectivity index (χ3v) is 4.23. The molecule has 2 heterocycles. The van der Waals surface area contributed by atoms with E-state index in [9.17, 15) is 9.59 Å². The summed E-state index contributed by atoms with van der Waals surface area (Å²) in [5.41, 5.74) is 0.907. The number of benzene rings is 1. The molecule has 0 atom stereocenters. The van der Waals surface area contributed by atoms with Crippen LogP contribution in [0.15, 0.2) is 34.4 Å². The second-order valence-corrected chi connectivity index (χ2v) is 6.03. The van der Waals surface area contributed by atoms with Gasteiger partial charge in [-0.25, -0.2) is 9.67 Å². The molecule has 0 aliphatic rings. The van der Waals surface area contributed by atoms with Crippen molar-refractivity contribution >= 4 is 33.1 Å². The summed E-state index contributed by atoms with van der Waals surface area (Å²) < 4.78 is 1.35. The number of hydrogen-bond acceptors (Lipinski definition) is 5. The maximum atomic E-state index is 12.6. The van der Waals surface area contributed by atoms with Crippen molar-refractivity contribution in [2.24, 2.45) is 0 Å². The zero-order valence-electron chi connectivity index (χ0n) is 12.9. The van der Waals surface area contributed by atoms with Crippen molar-refractivity contribution in [3.05, 3.63) is 51.4 Å². The lowest BCUT2D eigenvalue weighted by atomic mass is 10.1. The summed E-state index contributed by atoms with van der Waals surface area (Å²) >= 11 is 1.36. The Bertz CT molecular complexity index is 929. The molecule has 3 rings (SSSR count). The predicted octanol–water partition coefficient (Wildman–Crippen LogP) is 2.82. The Morgan fingerprint density at radius 1 is 1.30 bits per heavy atom. The number of hydrogen-bond donors (Lipinski definition) is 1. The van der Waals surface area contributed by atoms with Crippen LogP contribution in [0.2, 0.25) is 0 Å². The molecule has 1 N–H and O–H groups in total. The monoisotopic (exact) mass is 328 g/mol. The van der Waals surface area contributed by atoms with E-state index < -0.39 is 0 Å². The predicted molar refractivity (Wildman–Crippen MR) is 91.1 cm³/mol. The number of thiazole rings is 1. The largest absolute Gasteiger partial charge is 0.296 e. The van der Waals surface area contributed by atoms with Crippen molar-refractivity contribution in [3.63, 3.8) is 0 Å². The number of nitrogens with zero attached hydrogens (tertiary/aromatic N) is 3. The number of fused-ring (bicyclic) bond motifs is 1. The molecule has 1 amide bonds. The summed E-state index contributed by atoms with van der Waals surface area (Å²) in [5, 5.41) is 10.4. The van der Waals surface area contributed by atoms with E-state index in [1.54, 1.807) is 24.3 Å². The maximum absolute atomic E-state index is 12.6. The van der Waals surface area contributed by atoms with E-state index in [1.165, 1.54) is 16.0 Å². The van der Waals surface area contributed by atoms with E-state index in [4.69, 9.17) is 0 Å². The fraction of sp³-hybridized carbons (Fsp3) is 0.250. The average molecular weight is 328 g/mol. The summed E-state index contributed by atoms with van der Waals surface area (Å²) in [7, 11) is 0. The van der Waals surface area contributed by atoms with Gasteiger partial charge in [-0.1, -0.05) is 25.1 Å². The molecular formula is C16H16N4O2S. The molecule has 1 aromatic carbocycles. The summed E-state index contributed by atoms with van der Waals surface area (Å²) in [6.45, 7) is 4.29. The van der Waals surface area contributed by atoms with E-state index in [2.05, 4.69) is 15.4 Å². The van der Waals surface area contributed by atoms with Crippen molar-refractivity contribution in [3.8, 4) is 0 Å². The molecule has 3 aromatic rings. The lowest BCUT2D eigenvalue weighted by Crippen LogP contribution is -2.27. The van der Waals surface area contributed by atoms with Gasteiger partial charge < -0.3 is 0 Å². The molecule has 0 radical (unpaired) electrons. The highest BCUT2D eigenvalue weighted by Crippen LogP contribution is 2.18. The van der Waals surface area contributed by atoms with Crippen LogP contribution in [-0.4, -0.2) is 20.7 Å². The lowest BCUT2D eigenvalue weighted by molar-refractivity contribution is 0.102. The van der Waals surface area contributed by atoms with E-state index in [0.717, 1.165) is 12.1 Å². The van der Waals surface area contributed by atoms with E-state index in [0.29, 0.717) is 22.4 Å². The van der Waals surface area contributed by atoms with Crippen LogP contribution in [0.25, 0.3) is 10.8 Å². The van der Waals surface area contributed by atoms with Gasteiger partial charge in [-0.05, 0) is 19.4 Å². The van der Waals surface area contributed by atoms with E-state index >= 15 is 0 Å². The number of anilines is 1. The number of carbonyl (C=O) groups excluding carboxylic acids is 1. The van der Waals surface area contributed by atoms with Crippen molar-refractivity contribution in [1.82, 2.24) is 14.8 Å². The van der Waals surface area contributed by atoms with Gasteiger partial charge in [-0.2, -0.15) is 5.10 Å². The first-order valence-corrected chi connectivity index (χ1v) is 8.21. The second kappa shape index (κ2) is 6.29. The van der Waals surface area contributed by atoms with Crippen LogP contribution in [0.4, 0.5) is 5.13 Å². The van der Waals surface area contributed by atoms with Crippen molar-refractivity contribution in [1.29, 1.82) is 0 Å². The van der Waals surface area contributed by atoms with Gasteiger partial charge in [0.05, 0.1) is 11.1 Å². The molecule has 0 spiro atoms. The fourth-order valence-corrected chi connectivity index (χ4v) is 3.02. The standard InChI is InChI=1S/C16H16N4O2S/c1-3-8-20-15(22)12-7-5-4-6-11(12)13(19-20)14(21)18-16-17-10(2)9-23-16/h4-7,9H,3,8H2,1-2H3,(H,17,18,21). The summed E-state index contributed by atoms with van der Waals surface area (Å²) in [6.07, 6.45) is 0.762. The average Bonchev–Trinajstić information content (AvgIpc) is 2.95. The van der Waals surface area contributed by atoms with Crippen molar-refractivity contribution in [2.45, 2.75) is 26.8 Å². The molecule has 7 heteroatoms. The van der Waals surface area contributed by atoms with Gasteiger partial charge in [0, 0.05) is 17.3 Å². The minimum Gasteiger partial charge on any atom is -0.296 e. The van der Waals surface area contributed by atoms with Crippen LogP contribution in [0, 0.1) is 6.92 Å². The number of carbonyl (C=O) groups is 1.